The van der Waals surface area contributed by atoms with Crippen LogP contribution in [-0.2, 0) is 4.79 Å². The zero-order valence-corrected chi connectivity index (χ0v) is 12.0. The highest BCUT2D eigenvalue weighted by Crippen LogP contribution is 2.37. The Bertz CT molecular complexity index is 515. The van der Waals surface area contributed by atoms with Gasteiger partial charge in [0.1, 0.15) is 13.2 Å². The van der Waals surface area contributed by atoms with Crippen molar-refractivity contribution >= 4 is 29.0 Å². The van der Waals surface area contributed by atoms with Crippen LogP contribution in [0.2, 0.25) is 0 Å². The van der Waals surface area contributed by atoms with Crippen LogP contribution in [0.5, 0.6) is 11.5 Å². The van der Waals surface area contributed by atoms with Crippen molar-refractivity contribution in [2.24, 2.45) is 0 Å². The molecule has 0 saturated carbocycles. The summed E-state index contributed by atoms with van der Waals surface area (Å²) in [4.78, 5) is 12.2. The van der Waals surface area contributed by atoms with E-state index in [1.165, 1.54) is 6.42 Å². The molecule has 1 unspecified atom stereocenters. The van der Waals surface area contributed by atoms with Gasteiger partial charge in [0.25, 0.3) is 0 Å². The molecule has 1 amide bonds. The fourth-order valence-corrected chi connectivity index (χ4v) is 3.57. The highest BCUT2D eigenvalue weighted by atomic mass is 32.2. The fourth-order valence-electron chi connectivity index (χ4n) is 2.37. The second-order valence-electron chi connectivity index (χ2n) is 4.93. The Kier molecular flexibility index (Phi) is 3.91. The Balaban J connectivity index is 1.74. The first-order valence-corrected chi connectivity index (χ1v) is 7.90. The van der Waals surface area contributed by atoms with Gasteiger partial charge in [-0.15, -0.1) is 11.8 Å². The van der Waals surface area contributed by atoms with Crippen LogP contribution in [0.3, 0.4) is 0 Å². The maximum absolute atomic E-state index is 12.2. The third kappa shape index (κ3) is 2.80. The molecule has 0 aliphatic carbocycles. The van der Waals surface area contributed by atoms with Gasteiger partial charge in [-0.25, -0.2) is 0 Å². The average Bonchev–Trinajstić information content (AvgIpc) is 2.49. The number of amides is 1. The maximum Gasteiger partial charge on any atom is 0.237 e. The summed E-state index contributed by atoms with van der Waals surface area (Å²) in [5.74, 6) is 2.35. The van der Waals surface area contributed by atoms with Crippen molar-refractivity contribution in [3.63, 3.8) is 0 Å². The smallest absolute Gasteiger partial charge is 0.237 e. The number of anilines is 2. The average molecular weight is 294 g/mol. The van der Waals surface area contributed by atoms with Gasteiger partial charge in [0.15, 0.2) is 11.5 Å². The highest BCUT2D eigenvalue weighted by Gasteiger charge is 2.23. The third-order valence-electron chi connectivity index (χ3n) is 3.44. The summed E-state index contributed by atoms with van der Waals surface area (Å²) in [5, 5.41) is 2.93. The van der Waals surface area contributed by atoms with E-state index in [1.807, 2.05) is 0 Å². The number of nitrogen functional groups attached to an aromatic ring is 1. The first-order valence-electron chi connectivity index (χ1n) is 6.85. The van der Waals surface area contributed by atoms with Crippen molar-refractivity contribution < 1.29 is 14.3 Å². The van der Waals surface area contributed by atoms with Crippen molar-refractivity contribution in [3.8, 4) is 11.5 Å². The molecular formula is C14H18N2O3S. The molecule has 1 atom stereocenters. The van der Waals surface area contributed by atoms with E-state index in [9.17, 15) is 4.79 Å². The normalized spacial score (nSPS) is 21.3. The van der Waals surface area contributed by atoms with Gasteiger partial charge < -0.3 is 20.5 Å². The molecule has 108 valence electrons. The molecule has 1 fully saturated rings. The van der Waals surface area contributed by atoms with Crippen molar-refractivity contribution in [1.29, 1.82) is 0 Å². The molecule has 20 heavy (non-hydrogen) atoms. The molecule has 2 aliphatic heterocycles. The van der Waals surface area contributed by atoms with Crippen molar-refractivity contribution in [1.82, 2.24) is 0 Å². The number of thioether (sulfide) groups is 1. The Morgan fingerprint density at radius 1 is 1.25 bits per heavy atom. The van der Waals surface area contributed by atoms with Gasteiger partial charge in [-0.1, -0.05) is 6.42 Å². The van der Waals surface area contributed by atoms with Crippen LogP contribution in [-0.4, -0.2) is 30.1 Å². The van der Waals surface area contributed by atoms with Crippen LogP contribution in [0.15, 0.2) is 12.1 Å². The molecular weight excluding hydrogens is 276 g/mol. The van der Waals surface area contributed by atoms with E-state index in [0.717, 1.165) is 18.6 Å². The third-order valence-corrected chi connectivity index (χ3v) is 4.82. The molecule has 5 nitrogen and oxygen atoms in total. The first kappa shape index (κ1) is 13.4. The van der Waals surface area contributed by atoms with Gasteiger partial charge in [0, 0.05) is 12.1 Å². The zero-order valence-electron chi connectivity index (χ0n) is 11.2. The van der Waals surface area contributed by atoms with Crippen molar-refractivity contribution in [2.45, 2.75) is 24.5 Å². The van der Waals surface area contributed by atoms with E-state index in [1.54, 1.807) is 23.9 Å². The number of benzene rings is 1. The van der Waals surface area contributed by atoms with E-state index >= 15 is 0 Å². The number of nitrogens with two attached hydrogens (primary N) is 1. The molecule has 2 aliphatic rings. The van der Waals surface area contributed by atoms with Crippen molar-refractivity contribution in [3.05, 3.63) is 12.1 Å². The van der Waals surface area contributed by atoms with E-state index in [-0.39, 0.29) is 11.2 Å². The predicted molar refractivity (Wildman–Crippen MR) is 80.6 cm³/mol. The van der Waals surface area contributed by atoms with Crippen molar-refractivity contribution in [2.75, 3.05) is 30.0 Å². The minimum absolute atomic E-state index is 0.0244. The van der Waals surface area contributed by atoms with Crippen LogP contribution in [0.1, 0.15) is 19.3 Å². The summed E-state index contributed by atoms with van der Waals surface area (Å²) in [6.45, 7) is 1.04. The van der Waals surface area contributed by atoms with E-state index in [4.69, 9.17) is 15.2 Å². The van der Waals surface area contributed by atoms with Gasteiger partial charge in [-0.05, 0) is 18.6 Å². The molecule has 0 bridgehead atoms. The van der Waals surface area contributed by atoms with Gasteiger partial charge in [-0.2, -0.15) is 0 Å². The number of fused-ring (bicyclic) bond motifs is 1. The van der Waals surface area contributed by atoms with Crippen LogP contribution < -0.4 is 20.5 Å². The van der Waals surface area contributed by atoms with Gasteiger partial charge in [0.05, 0.1) is 16.6 Å². The Labute approximate surface area is 122 Å². The molecule has 1 aromatic carbocycles. The molecule has 0 aromatic heterocycles. The van der Waals surface area contributed by atoms with Gasteiger partial charge in [0.2, 0.25) is 5.91 Å². The highest BCUT2D eigenvalue weighted by molar-refractivity contribution is 8.00. The maximum atomic E-state index is 12.2. The lowest BCUT2D eigenvalue weighted by molar-refractivity contribution is -0.115. The molecule has 0 radical (unpaired) electrons. The number of rotatable bonds is 2. The summed E-state index contributed by atoms with van der Waals surface area (Å²) < 4.78 is 11.0. The van der Waals surface area contributed by atoms with E-state index in [2.05, 4.69) is 5.32 Å². The minimum atomic E-state index is 0.0244. The molecule has 3 rings (SSSR count). The molecule has 0 spiro atoms. The lowest BCUT2D eigenvalue weighted by Gasteiger charge is -2.23. The predicted octanol–water partition coefficient (Wildman–Crippen LogP) is 2.26. The van der Waals surface area contributed by atoms with Crippen LogP contribution in [0, 0.1) is 0 Å². The zero-order chi connectivity index (χ0) is 13.9. The number of hydrogen-bond donors (Lipinski definition) is 2. The summed E-state index contributed by atoms with van der Waals surface area (Å²) in [5.41, 5.74) is 7.07. The monoisotopic (exact) mass is 294 g/mol. The van der Waals surface area contributed by atoms with Gasteiger partial charge >= 0.3 is 0 Å². The summed E-state index contributed by atoms with van der Waals surface area (Å²) in [6.07, 6.45) is 3.24. The Morgan fingerprint density at radius 2 is 2.00 bits per heavy atom. The SMILES string of the molecule is Nc1cc2c(cc1NC(=O)C1CCCCS1)OCCO2. The van der Waals surface area contributed by atoms with E-state index in [0.29, 0.717) is 36.1 Å². The standard InChI is InChI=1S/C14H18N2O3S/c15-9-7-11-12(19-5-4-18-11)8-10(9)16-14(17)13-3-1-2-6-20-13/h7-8,13H,1-6,15H2,(H,16,17). The lowest BCUT2D eigenvalue weighted by Crippen LogP contribution is -2.28. The number of carbonyl (C=O) groups is 1. The van der Waals surface area contributed by atoms with Crippen LogP contribution >= 0.6 is 11.8 Å². The van der Waals surface area contributed by atoms with Crippen LogP contribution in [0.25, 0.3) is 0 Å². The number of ether oxygens (including phenoxy) is 2. The molecule has 6 heteroatoms. The number of carbonyl (C=O) groups excluding carboxylic acids is 1. The molecule has 2 heterocycles. The number of nitrogens with one attached hydrogen (secondary N) is 1. The minimum Gasteiger partial charge on any atom is -0.486 e. The molecule has 1 saturated heterocycles. The number of hydrogen-bond acceptors (Lipinski definition) is 5. The van der Waals surface area contributed by atoms with E-state index < -0.39 is 0 Å². The summed E-state index contributed by atoms with van der Waals surface area (Å²) in [6, 6.07) is 3.45. The summed E-state index contributed by atoms with van der Waals surface area (Å²) >= 11 is 1.72. The second kappa shape index (κ2) is 5.83. The van der Waals surface area contributed by atoms with Gasteiger partial charge in [-0.3, -0.25) is 4.79 Å². The fraction of sp³-hybridized carbons (Fsp3) is 0.500. The van der Waals surface area contributed by atoms with Crippen LogP contribution in [0.4, 0.5) is 11.4 Å². The summed E-state index contributed by atoms with van der Waals surface area (Å²) in [7, 11) is 0. The first-order chi connectivity index (χ1) is 9.74. The lowest BCUT2D eigenvalue weighted by atomic mass is 10.1. The topological polar surface area (TPSA) is 73.6 Å². The quantitative estimate of drug-likeness (QED) is 0.819. The second-order valence-corrected chi connectivity index (χ2v) is 6.24. The molecule has 1 aromatic rings. The largest absolute Gasteiger partial charge is 0.486 e. The molecule has 3 N–H and O–H groups in total. The Morgan fingerprint density at radius 3 is 2.70 bits per heavy atom. The Hall–Kier alpha value is -1.56.